The second-order valence-corrected chi connectivity index (χ2v) is 6.43. The average molecular weight is 361 g/mol. The van der Waals surface area contributed by atoms with Crippen molar-refractivity contribution in [3.63, 3.8) is 0 Å². The summed E-state index contributed by atoms with van der Waals surface area (Å²) in [6.45, 7) is 4.28. The van der Waals surface area contributed by atoms with Crippen LogP contribution in [0.15, 0.2) is 24.3 Å². The monoisotopic (exact) mass is 360 g/mol. The molecule has 5 nitrogen and oxygen atoms in total. The van der Waals surface area contributed by atoms with E-state index in [-0.39, 0.29) is 19.2 Å². The first-order valence-electron chi connectivity index (χ1n) is 7.89. The van der Waals surface area contributed by atoms with Crippen molar-refractivity contribution in [1.82, 2.24) is 4.98 Å². The van der Waals surface area contributed by atoms with E-state index in [1.54, 1.807) is 0 Å². The lowest BCUT2D eigenvalue weighted by molar-refractivity contribution is 0.174. The fourth-order valence-electron chi connectivity index (χ4n) is 3.25. The van der Waals surface area contributed by atoms with Crippen molar-refractivity contribution >= 4 is 29.0 Å². The lowest BCUT2D eigenvalue weighted by atomic mass is 10.0. The maximum Gasteiger partial charge on any atom is 0.231 e. The van der Waals surface area contributed by atoms with Gasteiger partial charge in [-0.05, 0) is 43.2 Å². The van der Waals surface area contributed by atoms with Gasteiger partial charge in [-0.15, -0.1) is 12.4 Å². The summed E-state index contributed by atoms with van der Waals surface area (Å²) >= 11 is 0. The zero-order valence-corrected chi connectivity index (χ0v) is 15.5. The Morgan fingerprint density at radius 2 is 1.72 bits per heavy atom. The third-order valence-electron chi connectivity index (χ3n) is 4.60. The van der Waals surface area contributed by atoms with E-state index in [0.29, 0.717) is 5.75 Å². The van der Waals surface area contributed by atoms with Crippen LogP contribution in [0.25, 0.3) is 22.2 Å². The molecular formula is C19H21ClN2O3. The van der Waals surface area contributed by atoms with Crippen LogP contribution >= 0.6 is 12.4 Å². The first kappa shape index (κ1) is 17.3. The van der Waals surface area contributed by atoms with Crippen LogP contribution in [0.2, 0.25) is 0 Å². The molecule has 1 aliphatic heterocycles. The predicted octanol–water partition coefficient (Wildman–Crippen LogP) is 4.37. The Morgan fingerprint density at radius 1 is 1.04 bits per heavy atom. The molecule has 1 aliphatic rings. The van der Waals surface area contributed by atoms with Crippen molar-refractivity contribution in [2.75, 3.05) is 25.8 Å². The largest absolute Gasteiger partial charge is 0.505 e. The van der Waals surface area contributed by atoms with Gasteiger partial charge in [0.25, 0.3) is 0 Å². The number of aromatic nitrogens is 1. The summed E-state index contributed by atoms with van der Waals surface area (Å²) in [7, 11) is 3.85. The number of ether oxygens (including phenoxy) is 2. The van der Waals surface area contributed by atoms with Gasteiger partial charge in [-0.3, -0.25) is 0 Å². The maximum absolute atomic E-state index is 10.3. The summed E-state index contributed by atoms with van der Waals surface area (Å²) in [5, 5.41) is 11.4. The first-order chi connectivity index (χ1) is 11.5. The zero-order chi connectivity index (χ0) is 17.0. The first-order valence-corrected chi connectivity index (χ1v) is 7.89. The van der Waals surface area contributed by atoms with Crippen LogP contribution in [0, 0.1) is 13.8 Å². The molecule has 0 fully saturated rings. The molecule has 0 radical (unpaired) electrons. The fourth-order valence-corrected chi connectivity index (χ4v) is 3.25. The van der Waals surface area contributed by atoms with Crippen LogP contribution in [0.3, 0.4) is 0 Å². The van der Waals surface area contributed by atoms with Gasteiger partial charge >= 0.3 is 0 Å². The Morgan fingerprint density at radius 3 is 2.40 bits per heavy atom. The average Bonchev–Trinajstić information content (AvgIpc) is 3.12. The van der Waals surface area contributed by atoms with Gasteiger partial charge in [-0.1, -0.05) is 0 Å². The number of hydrogen-bond acceptors (Lipinski definition) is 4. The number of nitrogens with zero attached hydrogens (tertiary/aromatic N) is 1. The van der Waals surface area contributed by atoms with Crippen LogP contribution in [-0.4, -0.2) is 31.0 Å². The minimum atomic E-state index is 0. The lowest BCUT2D eigenvalue weighted by Crippen LogP contribution is -2.09. The van der Waals surface area contributed by atoms with Gasteiger partial charge < -0.3 is 24.5 Å². The highest BCUT2D eigenvalue weighted by Crippen LogP contribution is 2.41. The van der Waals surface area contributed by atoms with Crippen LogP contribution in [0.5, 0.6) is 17.2 Å². The molecule has 3 aromatic rings. The van der Waals surface area contributed by atoms with E-state index in [1.807, 2.05) is 50.2 Å². The number of benzene rings is 2. The predicted molar refractivity (Wildman–Crippen MR) is 103 cm³/mol. The van der Waals surface area contributed by atoms with E-state index in [4.69, 9.17) is 9.47 Å². The lowest BCUT2D eigenvalue weighted by Gasteiger charge is -2.17. The van der Waals surface area contributed by atoms with Crippen LogP contribution in [0.1, 0.15) is 11.1 Å². The van der Waals surface area contributed by atoms with Gasteiger partial charge in [0.1, 0.15) is 5.75 Å². The van der Waals surface area contributed by atoms with Crippen molar-refractivity contribution in [2.45, 2.75) is 13.8 Å². The second-order valence-electron chi connectivity index (χ2n) is 6.43. The topological polar surface area (TPSA) is 57.7 Å². The second kappa shape index (κ2) is 6.08. The molecule has 0 saturated heterocycles. The molecule has 0 atom stereocenters. The third kappa shape index (κ3) is 2.65. The quantitative estimate of drug-likeness (QED) is 0.712. The smallest absolute Gasteiger partial charge is 0.231 e. The zero-order valence-electron chi connectivity index (χ0n) is 14.6. The maximum atomic E-state index is 10.3. The Hall–Kier alpha value is -2.53. The summed E-state index contributed by atoms with van der Waals surface area (Å²) in [5.41, 5.74) is 5.91. The Balaban J connectivity index is 0.00000182. The Kier molecular flexibility index (Phi) is 4.21. The number of aromatic amines is 1. The molecule has 4 rings (SSSR count). The van der Waals surface area contributed by atoms with Crippen molar-refractivity contribution in [1.29, 1.82) is 0 Å². The van der Waals surface area contributed by atoms with Gasteiger partial charge in [0.05, 0.1) is 11.2 Å². The van der Waals surface area contributed by atoms with Gasteiger partial charge in [0, 0.05) is 36.8 Å². The normalized spacial score (nSPS) is 12.3. The summed E-state index contributed by atoms with van der Waals surface area (Å²) in [6.07, 6.45) is 0. The van der Waals surface area contributed by atoms with E-state index in [1.165, 1.54) is 0 Å². The van der Waals surface area contributed by atoms with Gasteiger partial charge in [0.2, 0.25) is 6.79 Å². The fraction of sp³-hybridized carbons (Fsp3) is 0.263. The van der Waals surface area contributed by atoms with E-state index >= 15 is 0 Å². The number of aryl methyl sites for hydroxylation is 2. The van der Waals surface area contributed by atoms with Crippen LogP contribution in [-0.2, 0) is 0 Å². The number of phenols is 1. The van der Waals surface area contributed by atoms with Crippen LogP contribution in [0.4, 0.5) is 5.69 Å². The minimum Gasteiger partial charge on any atom is -0.505 e. The highest BCUT2D eigenvalue weighted by molar-refractivity contribution is 5.93. The highest BCUT2D eigenvalue weighted by atomic mass is 35.5. The summed E-state index contributed by atoms with van der Waals surface area (Å²) in [6, 6.07) is 8.00. The van der Waals surface area contributed by atoms with E-state index < -0.39 is 0 Å². The number of aromatic hydroxyl groups is 1. The number of rotatable bonds is 2. The Bertz CT molecular complexity index is 963. The molecule has 0 saturated carbocycles. The molecule has 1 aromatic heterocycles. The molecule has 0 spiro atoms. The number of H-pyrrole nitrogens is 1. The summed E-state index contributed by atoms with van der Waals surface area (Å²) < 4.78 is 11.0. The van der Waals surface area contributed by atoms with E-state index in [2.05, 4.69) is 11.9 Å². The molecule has 2 N–H and O–H groups in total. The minimum absolute atomic E-state index is 0. The number of anilines is 1. The standard InChI is InChI=1S/C19H20N2O3.ClH/c1-10-5-12(6-15(19(10)22)21(3)4)18-11(2)13-7-16-17(24-9-23-16)8-14(13)20-18;/h5-8,20,22H,9H2,1-4H3;1H. The summed E-state index contributed by atoms with van der Waals surface area (Å²) in [4.78, 5) is 5.40. The molecule has 2 aromatic carbocycles. The molecule has 132 valence electrons. The molecule has 2 heterocycles. The summed E-state index contributed by atoms with van der Waals surface area (Å²) in [5.74, 6) is 1.87. The SMILES string of the molecule is Cc1cc(-c2[nH]c3cc4c(cc3c2C)OCO4)cc(N(C)C)c1O.Cl. The number of halogens is 1. The molecule has 25 heavy (non-hydrogen) atoms. The molecule has 0 aliphatic carbocycles. The van der Waals surface area contributed by atoms with Crippen molar-refractivity contribution in [3.8, 4) is 28.5 Å². The van der Waals surface area contributed by atoms with Gasteiger partial charge in [0.15, 0.2) is 11.5 Å². The molecule has 0 bridgehead atoms. The third-order valence-corrected chi connectivity index (χ3v) is 4.60. The number of phenolic OH excluding ortho intramolecular Hbond substituents is 1. The van der Waals surface area contributed by atoms with E-state index in [0.717, 1.165) is 50.5 Å². The van der Waals surface area contributed by atoms with Crippen molar-refractivity contribution in [3.05, 3.63) is 35.4 Å². The molecule has 6 heteroatoms. The van der Waals surface area contributed by atoms with Crippen LogP contribution < -0.4 is 14.4 Å². The van der Waals surface area contributed by atoms with Gasteiger partial charge in [-0.25, -0.2) is 0 Å². The number of fused-ring (bicyclic) bond motifs is 2. The highest BCUT2D eigenvalue weighted by Gasteiger charge is 2.19. The van der Waals surface area contributed by atoms with Gasteiger partial charge in [-0.2, -0.15) is 0 Å². The number of hydrogen-bond donors (Lipinski definition) is 2. The molecule has 0 amide bonds. The van der Waals surface area contributed by atoms with E-state index in [9.17, 15) is 5.11 Å². The Labute approximate surface area is 152 Å². The number of nitrogens with one attached hydrogen (secondary N) is 1. The molecular weight excluding hydrogens is 340 g/mol. The molecule has 0 unspecified atom stereocenters. The van der Waals surface area contributed by atoms with Crippen molar-refractivity contribution in [2.24, 2.45) is 0 Å². The van der Waals surface area contributed by atoms with Crippen molar-refractivity contribution < 1.29 is 14.6 Å².